The lowest BCUT2D eigenvalue weighted by molar-refractivity contribution is 0.292. The van der Waals surface area contributed by atoms with Crippen LogP contribution < -0.4 is 9.26 Å². The van der Waals surface area contributed by atoms with Crippen molar-refractivity contribution in [3.8, 4) is 11.5 Å². The van der Waals surface area contributed by atoms with Crippen molar-refractivity contribution in [2.75, 3.05) is 13.5 Å². The van der Waals surface area contributed by atoms with Gasteiger partial charge in [-0.2, -0.15) is 0 Å². The van der Waals surface area contributed by atoms with Gasteiger partial charge in [0, 0.05) is 0 Å². The van der Waals surface area contributed by atoms with E-state index in [1.54, 1.807) is 12.1 Å². The number of aliphatic hydroxyl groups is 1. The molecule has 1 atom stereocenters. The van der Waals surface area contributed by atoms with Crippen LogP contribution in [0.25, 0.3) is 0 Å². The maximum atomic E-state index is 11.0. The molecular formula is C8H11O5P. The molecule has 6 heteroatoms. The predicted octanol–water partition coefficient (Wildman–Crippen LogP) is 1.21. The minimum Gasteiger partial charge on any atom is -0.497 e. The summed E-state index contributed by atoms with van der Waals surface area (Å²) in [5, 5.41) is 8.49. The van der Waals surface area contributed by atoms with Gasteiger partial charge < -0.3 is 19.3 Å². The number of aliphatic hydroxyl groups excluding tert-OH is 1. The summed E-state index contributed by atoms with van der Waals surface area (Å²) >= 11 is 0. The Kier molecular flexibility index (Phi) is 3.52. The molecule has 1 rings (SSSR count). The summed E-state index contributed by atoms with van der Waals surface area (Å²) in [7, 11) is -2.39. The van der Waals surface area contributed by atoms with Gasteiger partial charge in [-0.15, -0.1) is 0 Å². The molecule has 0 aromatic heterocycles. The van der Waals surface area contributed by atoms with Gasteiger partial charge >= 0.3 is 7.60 Å². The van der Waals surface area contributed by atoms with E-state index in [-0.39, 0.29) is 5.75 Å². The largest absolute Gasteiger partial charge is 0.497 e. The molecule has 0 aliphatic carbocycles. The lowest BCUT2D eigenvalue weighted by Gasteiger charge is -2.10. The van der Waals surface area contributed by atoms with E-state index >= 15 is 0 Å². The van der Waals surface area contributed by atoms with Crippen molar-refractivity contribution in [2.45, 2.75) is 0 Å². The molecule has 0 fully saturated rings. The average molecular weight is 218 g/mol. The SMILES string of the molecule is COc1ccc(OP(=O)(O)CO)cc1. The first-order chi connectivity index (χ1) is 6.57. The van der Waals surface area contributed by atoms with Crippen LogP contribution in [-0.4, -0.2) is 23.5 Å². The van der Waals surface area contributed by atoms with Gasteiger partial charge in [-0.05, 0) is 24.3 Å². The Balaban J connectivity index is 2.74. The minimum atomic E-state index is -3.90. The Bertz CT molecular complexity index is 334. The summed E-state index contributed by atoms with van der Waals surface area (Å²) in [4.78, 5) is 8.96. The monoisotopic (exact) mass is 218 g/mol. The summed E-state index contributed by atoms with van der Waals surface area (Å²) in [6, 6.07) is 6.15. The highest BCUT2D eigenvalue weighted by atomic mass is 31.2. The zero-order valence-corrected chi connectivity index (χ0v) is 8.48. The smallest absolute Gasteiger partial charge is 0.401 e. The number of methoxy groups -OCH3 is 1. The van der Waals surface area contributed by atoms with Crippen molar-refractivity contribution in [1.29, 1.82) is 0 Å². The highest BCUT2D eigenvalue weighted by Gasteiger charge is 2.18. The van der Waals surface area contributed by atoms with Crippen LogP contribution in [0.5, 0.6) is 11.5 Å². The van der Waals surface area contributed by atoms with E-state index in [2.05, 4.69) is 4.52 Å². The standard InChI is InChI=1S/C8H11O5P/c1-12-7-2-4-8(5-3-7)13-14(10,11)6-9/h2-5,9H,6H2,1H3,(H,10,11). The van der Waals surface area contributed by atoms with E-state index in [1.807, 2.05) is 0 Å². The van der Waals surface area contributed by atoms with E-state index in [0.717, 1.165) is 0 Å². The third-order valence-corrected chi connectivity index (χ3v) is 2.34. The Morgan fingerprint density at radius 3 is 2.21 bits per heavy atom. The maximum Gasteiger partial charge on any atom is 0.401 e. The molecule has 0 amide bonds. The molecule has 1 aromatic rings. The van der Waals surface area contributed by atoms with Gasteiger partial charge in [0.1, 0.15) is 11.5 Å². The molecular weight excluding hydrogens is 207 g/mol. The summed E-state index contributed by atoms with van der Waals surface area (Å²) in [5.41, 5.74) is 0. The molecule has 1 unspecified atom stereocenters. The van der Waals surface area contributed by atoms with Crippen LogP contribution in [0.3, 0.4) is 0 Å². The van der Waals surface area contributed by atoms with Gasteiger partial charge in [-0.25, -0.2) is 4.57 Å². The first-order valence-electron chi connectivity index (χ1n) is 3.84. The highest BCUT2D eigenvalue weighted by Crippen LogP contribution is 2.41. The lowest BCUT2D eigenvalue weighted by Crippen LogP contribution is -1.95. The Morgan fingerprint density at radius 1 is 1.29 bits per heavy atom. The molecule has 78 valence electrons. The fourth-order valence-electron chi connectivity index (χ4n) is 0.830. The molecule has 5 nitrogen and oxygen atoms in total. The quantitative estimate of drug-likeness (QED) is 0.743. The number of benzene rings is 1. The molecule has 0 spiro atoms. The Labute approximate surface area is 81.4 Å². The maximum absolute atomic E-state index is 11.0. The normalized spacial score (nSPS) is 14.5. The molecule has 0 aliphatic rings. The highest BCUT2D eigenvalue weighted by molar-refractivity contribution is 7.52. The van der Waals surface area contributed by atoms with Crippen LogP contribution >= 0.6 is 7.60 Å². The molecule has 0 heterocycles. The van der Waals surface area contributed by atoms with Gasteiger partial charge in [-0.1, -0.05) is 0 Å². The van der Waals surface area contributed by atoms with Gasteiger partial charge in [-0.3, -0.25) is 0 Å². The number of hydrogen-bond donors (Lipinski definition) is 2. The molecule has 1 aromatic carbocycles. The van der Waals surface area contributed by atoms with Crippen molar-refractivity contribution in [3.63, 3.8) is 0 Å². The van der Waals surface area contributed by atoms with Crippen LogP contribution in [-0.2, 0) is 4.57 Å². The summed E-state index contributed by atoms with van der Waals surface area (Å²) < 4.78 is 20.5. The van der Waals surface area contributed by atoms with Crippen LogP contribution in [0.15, 0.2) is 24.3 Å². The fraction of sp³-hybridized carbons (Fsp3) is 0.250. The van der Waals surface area contributed by atoms with Crippen LogP contribution in [0.1, 0.15) is 0 Å². The minimum absolute atomic E-state index is 0.214. The van der Waals surface area contributed by atoms with E-state index in [0.29, 0.717) is 5.75 Å². The zero-order chi connectivity index (χ0) is 10.6. The first-order valence-corrected chi connectivity index (χ1v) is 5.60. The van der Waals surface area contributed by atoms with Crippen LogP contribution in [0, 0.1) is 0 Å². The molecule has 0 aliphatic heterocycles. The molecule has 0 bridgehead atoms. The van der Waals surface area contributed by atoms with Crippen molar-refractivity contribution in [3.05, 3.63) is 24.3 Å². The zero-order valence-electron chi connectivity index (χ0n) is 7.58. The lowest BCUT2D eigenvalue weighted by atomic mass is 10.3. The Morgan fingerprint density at radius 2 is 1.79 bits per heavy atom. The van der Waals surface area contributed by atoms with E-state index in [1.165, 1.54) is 19.2 Å². The van der Waals surface area contributed by atoms with Gasteiger partial charge in [0.2, 0.25) is 0 Å². The number of rotatable bonds is 4. The average Bonchev–Trinajstić information content (AvgIpc) is 2.19. The number of ether oxygens (including phenoxy) is 1. The van der Waals surface area contributed by atoms with Crippen molar-refractivity contribution in [2.24, 2.45) is 0 Å². The number of hydrogen-bond acceptors (Lipinski definition) is 4. The molecule has 14 heavy (non-hydrogen) atoms. The molecule has 2 N–H and O–H groups in total. The summed E-state index contributed by atoms with van der Waals surface area (Å²) in [5.74, 6) is 0.833. The topological polar surface area (TPSA) is 76.0 Å². The van der Waals surface area contributed by atoms with E-state index in [9.17, 15) is 4.57 Å². The molecule has 0 saturated carbocycles. The van der Waals surface area contributed by atoms with E-state index < -0.39 is 13.9 Å². The predicted molar refractivity (Wildman–Crippen MR) is 50.5 cm³/mol. The second-order valence-electron chi connectivity index (χ2n) is 2.55. The third-order valence-electron chi connectivity index (χ3n) is 1.49. The van der Waals surface area contributed by atoms with E-state index in [4.69, 9.17) is 14.7 Å². The second kappa shape index (κ2) is 4.46. The Hall–Kier alpha value is -1.03. The summed E-state index contributed by atoms with van der Waals surface area (Å²) in [6.45, 7) is 0. The second-order valence-corrected chi connectivity index (χ2v) is 4.29. The molecule has 0 saturated heterocycles. The first kappa shape index (κ1) is 11.0. The van der Waals surface area contributed by atoms with Crippen LogP contribution in [0.4, 0.5) is 0 Å². The van der Waals surface area contributed by atoms with Crippen molar-refractivity contribution >= 4 is 7.60 Å². The van der Waals surface area contributed by atoms with Crippen molar-refractivity contribution in [1.82, 2.24) is 0 Å². The van der Waals surface area contributed by atoms with Crippen molar-refractivity contribution < 1.29 is 23.8 Å². The summed E-state index contributed by atoms with van der Waals surface area (Å²) in [6.07, 6.45) is -0.904. The van der Waals surface area contributed by atoms with Crippen LogP contribution in [0.2, 0.25) is 0 Å². The fourth-order valence-corrected chi connectivity index (χ4v) is 1.34. The van der Waals surface area contributed by atoms with Gasteiger partial charge in [0.25, 0.3) is 0 Å². The third kappa shape index (κ3) is 3.03. The molecule has 0 radical (unpaired) electrons. The van der Waals surface area contributed by atoms with Gasteiger partial charge in [0.15, 0.2) is 6.35 Å². The van der Waals surface area contributed by atoms with Gasteiger partial charge in [0.05, 0.1) is 7.11 Å².